The third-order valence-corrected chi connectivity index (χ3v) is 5.47. The van der Waals surface area contributed by atoms with Gasteiger partial charge in [-0.3, -0.25) is 9.59 Å². The number of halogens is 2. The van der Waals surface area contributed by atoms with Gasteiger partial charge in [0.2, 0.25) is 5.91 Å². The monoisotopic (exact) mass is 436 g/mol. The van der Waals surface area contributed by atoms with E-state index in [2.05, 4.69) is 11.4 Å². The van der Waals surface area contributed by atoms with Gasteiger partial charge in [-0.15, -0.1) is 0 Å². The first-order chi connectivity index (χ1) is 13.6. The lowest BCUT2D eigenvalue weighted by Crippen LogP contribution is -2.48. The van der Waals surface area contributed by atoms with E-state index in [1.54, 1.807) is 25.1 Å². The maximum Gasteiger partial charge on any atom is 0.261 e. The van der Waals surface area contributed by atoms with Crippen LogP contribution in [0.1, 0.15) is 29.2 Å². The zero-order chi connectivity index (χ0) is 21.7. The molecule has 0 bridgehead atoms. The van der Waals surface area contributed by atoms with Crippen molar-refractivity contribution in [1.82, 2.24) is 10.2 Å². The molecule has 0 saturated carbocycles. The fraction of sp³-hybridized carbons (Fsp3) is 0.364. The fourth-order valence-corrected chi connectivity index (χ4v) is 3.47. The Morgan fingerprint density at radius 1 is 1.14 bits per heavy atom. The molecule has 0 radical (unpaired) electrons. The number of hydrogen-bond donors (Lipinski definition) is 1. The summed E-state index contributed by atoms with van der Waals surface area (Å²) in [5.74, 6) is 0.0737. The van der Waals surface area contributed by atoms with E-state index in [0.29, 0.717) is 21.4 Å². The molecule has 2 rings (SSSR count). The molecule has 156 valence electrons. The molecule has 0 saturated heterocycles. The molecule has 29 heavy (non-hydrogen) atoms. The average Bonchev–Trinajstić information content (AvgIpc) is 2.67. The van der Waals surface area contributed by atoms with Gasteiger partial charge in [-0.1, -0.05) is 35.3 Å². The molecule has 0 heterocycles. The van der Waals surface area contributed by atoms with Crippen LogP contribution in [-0.4, -0.2) is 36.4 Å². The Balaban J connectivity index is 2.23. The molecule has 0 aromatic heterocycles. The van der Waals surface area contributed by atoms with Crippen LogP contribution in [0.25, 0.3) is 0 Å². The maximum atomic E-state index is 13.0. The number of hydrogen-bond acceptors (Lipinski definition) is 3. The molecule has 0 unspecified atom stereocenters. The minimum Gasteiger partial charge on any atom is -0.483 e. The maximum absolute atomic E-state index is 13.0. The van der Waals surface area contributed by atoms with Crippen LogP contribution >= 0.6 is 23.2 Å². The van der Waals surface area contributed by atoms with Crippen LogP contribution < -0.4 is 10.1 Å². The first-order valence-electron chi connectivity index (χ1n) is 9.29. The summed E-state index contributed by atoms with van der Waals surface area (Å²) in [4.78, 5) is 26.6. The van der Waals surface area contributed by atoms with E-state index in [4.69, 9.17) is 27.9 Å². The predicted molar refractivity (Wildman–Crippen MR) is 117 cm³/mol. The van der Waals surface area contributed by atoms with Gasteiger partial charge in [0.1, 0.15) is 11.8 Å². The van der Waals surface area contributed by atoms with Gasteiger partial charge in [0.15, 0.2) is 6.61 Å². The highest BCUT2D eigenvalue weighted by atomic mass is 35.5. The highest BCUT2D eigenvalue weighted by molar-refractivity contribution is 6.35. The first-order valence-corrected chi connectivity index (χ1v) is 10.0. The van der Waals surface area contributed by atoms with Gasteiger partial charge < -0.3 is 15.0 Å². The molecule has 2 aromatic carbocycles. The minimum atomic E-state index is -0.691. The zero-order valence-electron chi connectivity index (χ0n) is 17.3. The summed E-state index contributed by atoms with van der Waals surface area (Å²) in [5.41, 5.74) is 3.83. The number of benzene rings is 2. The molecule has 0 aliphatic rings. The van der Waals surface area contributed by atoms with Crippen molar-refractivity contribution in [2.75, 3.05) is 13.7 Å². The Morgan fingerprint density at radius 2 is 1.83 bits per heavy atom. The molecule has 0 aliphatic heterocycles. The quantitative estimate of drug-likeness (QED) is 0.696. The van der Waals surface area contributed by atoms with E-state index in [1.165, 1.54) is 11.9 Å². The SMILES string of the molecule is CNC(=O)[C@H](C)N(Cc1ccc(Cl)cc1Cl)C(=O)COc1cc(C)cc(C)c1C. The summed E-state index contributed by atoms with van der Waals surface area (Å²) in [5, 5.41) is 3.52. The molecule has 0 aliphatic carbocycles. The topological polar surface area (TPSA) is 58.6 Å². The summed E-state index contributed by atoms with van der Waals surface area (Å²) in [6, 6.07) is 8.33. The van der Waals surface area contributed by atoms with Crippen molar-refractivity contribution in [2.45, 2.75) is 40.3 Å². The number of amides is 2. The second-order valence-electron chi connectivity index (χ2n) is 7.04. The van der Waals surface area contributed by atoms with Crippen LogP contribution in [-0.2, 0) is 16.1 Å². The molecular formula is C22H26Cl2N2O3. The average molecular weight is 437 g/mol. The number of likely N-dealkylation sites (N-methyl/N-ethyl adjacent to an activating group) is 1. The minimum absolute atomic E-state index is 0.165. The summed E-state index contributed by atoms with van der Waals surface area (Å²) < 4.78 is 5.81. The van der Waals surface area contributed by atoms with Crippen molar-refractivity contribution < 1.29 is 14.3 Å². The van der Waals surface area contributed by atoms with Crippen molar-refractivity contribution in [3.8, 4) is 5.75 Å². The van der Waals surface area contributed by atoms with Crippen LogP contribution in [0.15, 0.2) is 30.3 Å². The smallest absolute Gasteiger partial charge is 0.261 e. The lowest BCUT2D eigenvalue weighted by Gasteiger charge is -2.28. The summed E-state index contributed by atoms with van der Waals surface area (Å²) in [7, 11) is 1.53. The van der Waals surface area contributed by atoms with Gasteiger partial charge in [-0.25, -0.2) is 0 Å². The molecule has 0 fully saturated rings. The van der Waals surface area contributed by atoms with E-state index in [1.807, 2.05) is 26.8 Å². The van der Waals surface area contributed by atoms with Crippen molar-refractivity contribution >= 4 is 35.0 Å². The Labute approximate surface area is 181 Å². The second kappa shape index (κ2) is 9.99. The number of rotatable bonds is 7. The summed E-state index contributed by atoms with van der Waals surface area (Å²) in [6.07, 6.45) is 0. The van der Waals surface area contributed by atoms with Crippen LogP contribution in [0.2, 0.25) is 10.0 Å². The van der Waals surface area contributed by atoms with Crippen LogP contribution in [0, 0.1) is 20.8 Å². The summed E-state index contributed by atoms with van der Waals surface area (Å²) in [6.45, 7) is 7.58. The van der Waals surface area contributed by atoms with E-state index in [0.717, 1.165) is 16.7 Å². The van der Waals surface area contributed by atoms with Crippen molar-refractivity contribution in [1.29, 1.82) is 0 Å². The van der Waals surface area contributed by atoms with Gasteiger partial charge in [-0.05, 0) is 68.1 Å². The molecule has 1 N–H and O–H groups in total. The molecule has 5 nitrogen and oxygen atoms in total. The molecule has 0 spiro atoms. The largest absolute Gasteiger partial charge is 0.483 e. The number of ether oxygens (including phenoxy) is 1. The van der Waals surface area contributed by atoms with Crippen molar-refractivity contribution in [3.63, 3.8) is 0 Å². The standard InChI is InChI=1S/C22H26Cl2N2O3/c1-13-8-14(2)15(3)20(9-13)29-12-21(27)26(16(4)22(28)25-5)11-17-6-7-18(23)10-19(17)24/h6-10,16H,11-12H2,1-5H3,(H,25,28)/t16-/m0/s1. The van der Waals surface area contributed by atoms with Crippen LogP contribution in [0.5, 0.6) is 5.75 Å². The zero-order valence-corrected chi connectivity index (χ0v) is 18.8. The lowest BCUT2D eigenvalue weighted by atomic mass is 10.1. The highest BCUT2D eigenvalue weighted by Crippen LogP contribution is 2.25. The first kappa shape index (κ1) is 23.0. The number of aryl methyl sites for hydroxylation is 2. The van der Waals surface area contributed by atoms with E-state index in [9.17, 15) is 9.59 Å². The number of nitrogens with zero attached hydrogens (tertiary/aromatic N) is 1. The molecule has 1 atom stereocenters. The Kier molecular flexibility index (Phi) is 7.94. The van der Waals surface area contributed by atoms with E-state index in [-0.39, 0.29) is 25.0 Å². The Morgan fingerprint density at radius 3 is 2.45 bits per heavy atom. The molecule has 2 aromatic rings. The third-order valence-electron chi connectivity index (χ3n) is 4.88. The van der Waals surface area contributed by atoms with Crippen molar-refractivity contribution in [3.05, 3.63) is 62.6 Å². The lowest BCUT2D eigenvalue weighted by molar-refractivity contribution is -0.142. The highest BCUT2D eigenvalue weighted by Gasteiger charge is 2.26. The van der Waals surface area contributed by atoms with E-state index < -0.39 is 6.04 Å². The summed E-state index contributed by atoms with van der Waals surface area (Å²) >= 11 is 12.2. The number of nitrogens with one attached hydrogen (secondary N) is 1. The normalized spacial score (nSPS) is 11.7. The second-order valence-corrected chi connectivity index (χ2v) is 7.88. The van der Waals surface area contributed by atoms with Crippen LogP contribution in [0.4, 0.5) is 0 Å². The molecule has 2 amide bonds. The van der Waals surface area contributed by atoms with Crippen molar-refractivity contribution in [2.24, 2.45) is 0 Å². The van der Waals surface area contributed by atoms with Crippen LogP contribution in [0.3, 0.4) is 0 Å². The molecular weight excluding hydrogens is 411 g/mol. The van der Waals surface area contributed by atoms with Gasteiger partial charge in [0, 0.05) is 23.6 Å². The van der Waals surface area contributed by atoms with Gasteiger partial charge in [0.25, 0.3) is 5.91 Å². The third kappa shape index (κ3) is 5.87. The Bertz CT molecular complexity index is 915. The van der Waals surface area contributed by atoms with Gasteiger partial charge in [0.05, 0.1) is 0 Å². The number of carbonyl (C=O) groups is 2. The van der Waals surface area contributed by atoms with Gasteiger partial charge in [-0.2, -0.15) is 0 Å². The fourth-order valence-electron chi connectivity index (χ4n) is 3.00. The van der Waals surface area contributed by atoms with E-state index >= 15 is 0 Å². The number of carbonyl (C=O) groups excluding carboxylic acids is 2. The Hall–Kier alpha value is -2.24. The molecule has 7 heteroatoms. The van der Waals surface area contributed by atoms with Gasteiger partial charge >= 0.3 is 0 Å². The predicted octanol–water partition coefficient (Wildman–Crippen LogP) is 4.46.